The largest absolute Gasteiger partial charge is 0.382 e. The molecule has 6 heteroatoms. The maximum absolute atomic E-state index is 6.12. The fourth-order valence-corrected chi connectivity index (χ4v) is 2.32. The molecule has 0 aliphatic carbocycles. The van der Waals surface area contributed by atoms with E-state index in [9.17, 15) is 0 Å². The van der Waals surface area contributed by atoms with Gasteiger partial charge < -0.3 is 14.8 Å². The first-order valence-corrected chi connectivity index (χ1v) is 7.70. The van der Waals surface area contributed by atoms with Crippen LogP contribution in [0.1, 0.15) is 18.4 Å². The maximum atomic E-state index is 6.12. The molecule has 0 saturated carbocycles. The Morgan fingerprint density at radius 2 is 1.75 bits per heavy atom. The van der Waals surface area contributed by atoms with E-state index in [0.717, 1.165) is 31.6 Å². The molecule has 0 aromatic heterocycles. The number of methoxy groups -OCH3 is 1. The van der Waals surface area contributed by atoms with Gasteiger partial charge in [0, 0.05) is 30.8 Å². The van der Waals surface area contributed by atoms with Crippen molar-refractivity contribution >= 4 is 34.8 Å². The van der Waals surface area contributed by atoms with Crippen LogP contribution in [0.15, 0.2) is 12.1 Å². The lowest BCUT2D eigenvalue weighted by Gasteiger charge is -2.10. The van der Waals surface area contributed by atoms with Gasteiger partial charge in [0.25, 0.3) is 0 Å². The monoisotopic (exact) mass is 339 g/mol. The molecule has 3 nitrogen and oxygen atoms in total. The quantitative estimate of drug-likeness (QED) is 0.512. The van der Waals surface area contributed by atoms with Crippen LogP contribution in [-0.2, 0) is 16.0 Å². The van der Waals surface area contributed by atoms with Crippen LogP contribution in [-0.4, -0.2) is 33.5 Å². The summed E-state index contributed by atoms with van der Waals surface area (Å²) in [6, 6.07) is 3.46. The predicted molar refractivity (Wildman–Crippen MR) is 85.1 cm³/mol. The smallest absolute Gasteiger partial charge is 0.0700 e. The molecule has 114 valence electrons. The van der Waals surface area contributed by atoms with E-state index in [4.69, 9.17) is 44.3 Å². The van der Waals surface area contributed by atoms with Gasteiger partial charge in [0.2, 0.25) is 0 Å². The third kappa shape index (κ3) is 6.61. The van der Waals surface area contributed by atoms with E-state index in [2.05, 4.69) is 5.32 Å². The number of nitrogens with one attached hydrogen (secondary N) is 1. The van der Waals surface area contributed by atoms with Crippen LogP contribution in [0.4, 0.5) is 0 Å². The minimum Gasteiger partial charge on any atom is -0.382 e. The highest BCUT2D eigenvalue weighted by atomic mass is 35.5. The standard InChI is InChI=1S/C14H20Cl3NO2/c1-19-8-9-20-7-3-2-6-18-10-11-12(15)4-5-13(16)14(11)17/h4-5,18H,2-3,6-10H2,1H3. The zero-order valence-electron chi connectivity index (χ0n) is 11.6. The lowest BCUT2D eigenvalue weighted by molar-refractivity contribution is 0.0688. The third-order valence-corrected chi connectivity index (χ3v) is 3.96. The molecule has 0 aliphatic rings. The summed E-state index contributed by atoms with van der Waals surface area (Å²) >= 11 is 18.2. The Labute approximate surface area is 135 Å². The molecule has 0 unspecified atom stereocenters. The summed E-state index contributed by atoms with van der Waals surface area (Å²) < 4.78 is 10.3. The van der Waals surface area contributed by atoms with Crippen molar-refractivity contribution in [2.45, 2.75) is 19.4 Å². The molecule has 0 spiro atoms. The van der Waals surface area contributed by atoms with Gasteiger partial charge in [-0.1, -0.05) is 34.8 Å². The normalized spacial score (nSPS) is 11.0. The third-order valence-electron chi connectivity index (χ3n) is 2.76. The minimum atomic E-state index is 0.523. The summed E-state index contributed by atoms with van der Waals surface area (Å²) in [7, 11) is 1.67. The Morgan fingerprint density at radius 1 is 1.00 bits per heavy atom. The van der Waals surface area contributed by atoms with Crippen molar-refractivity contribution in [3.63, 3.8) is 0 Å². The van der Waals surface area contributed by atoms with Crippen molar-refractivity contribution < 1.29 is 9.47 Å². The first-order valence-electron chi connectivity index (χ1n) is 6.56. The zero-order valence-corrected chi connectivity index (χ0v) is 13.8. The van der Waals surface area contributed by atoms with E-state index in [0.29, 0.717) is 34.8 Å². The fraction of sp³-hybridized carbons (Fsp3) is 0.571. The van der Waals surface area contributed by atoms with Gasteiger partial charge in [-0.2, -0.15) is 0 Å². The molecule has 1 aromatic carbocycles. The van der Waals surface area contributed by atoms with Crippen molar-refractivity contribution in [2.24, 2.45) is 0 Å². The van der Waals surface area contributed by atoms with Crippen molar-refractivity contribution in [1.29, 1.82) is 0 Å². The molecule has 20 heavy (non-hydrogen) atoms. The minimum absolute atomic E-state index is 0.523. The highest BCUT2D eigenvalue weighted by Crippen LogP contribution is 2.31. The molecular formula is C14H20Cl3NO2. The fourth-order valence-electron chi connectivity index (χ4n) is 1.64. The second-order valence-electron chi connectivity index (χ2n) is 4.31. The van der Waals surface area contributed by atoms with Crippen LogP contribution in [0.3, 0.4) is 0 Å². The lowest BCUT2D eigenvalue weighted by atomic mass is 10.2. The van der Waals surface area contributed by atoms with Crippen LogP contribution in [0.5, 0.6) is 0 Å². The number of rotatable bonds is 10. The van der Waals surface area contributed by atoms with E-state index < -0.39 is 0 Å². The molecule has 1 N–H and O–H groups in total. The number of halogens is 3. The Kier molecular flexibility index (Phi) is 9.61. The molecule has 0 bridgehead atoms. The zero-order chi connectivity index (χ0) is 14.8. The second kappa shape index (κ2) is 10.7. The van der Waals surface area contributed by atoms with Gasteiger partial charge in [-0.25, -0.2) is 0 Å². The molecule has 0 atom stereocenters. The summed E-state index contributed by atoms with van der Waals surface area (Å²) in [5, 5.41) is 4.99. The average molecular weight is 341 g/mol. The Hall–Kier alpha value is -0.0300. The summed E-state index contributed by atoms with van der Waals surface area (Å²) in [4.78, 5) is 0. The van der Waals surface area contributed by atoms with Crippen LogP contribution >= 0.6 is 34.8 Å². The van der Waals surface area contributed by atoms with E-state index in [1.807, 2.05) is 0 Å². The van der Waals surface area contributed by atoms with E-state index in [1.165, 1.54) is 0 Å². The van der Waals surface area contributed by atoms with Crippen LogP contribution in [0.2, 0.25) is 15.1 Å². The molecule has 1 aromatic rings. The summed E-state index contributed by atoms with van der Waals surface area (Å²) in [5.74, 6) is 0. The number of benzene rings is 1. The van der Waals surface area contributed by atoms with Gasteiger partial charge in [0.15, 0.2) is 0 Å². The van der Waals surface area contributed by atoms with Gasteiger partial charge in [-0.3, -0.25) is 0 Å². The number of ether oxygens (including phenoxy) is 2. The highest BCUT2D eigenvalue weighted by Gasteiger charge is 2.08. The van der Waals surface area contributed by atoms with E-state index in [-0.39, 0.29) is 0 Å². The van der Waals surface area contributed by atoms with Gasteiger partial charge in [-0.15, -0.1) is 0 Å². The molecule has 1 rings (SSSR count). The molecule has 0 fully saturated rings. The number of hydrogen-bond acceptors (Lipinski definition) is 3. The Morgan fingerprint density at radius 3 is 2.50 bits per heavy atom. The van der Waals surface area contributed by atoms with Crippen LogP contribution < -0.4 is 5.32 Å². The van der Waals surface area contributed by atoms with Crippen molar-refractivity contribution in [3.8, 4) is 0 Å². The van der Waals surface area contributed by atoms with E-state index >= 15 is 0 Å². The number of hydrogen-bond donors (Lipinski definition) is 1. The average Bonchev–Trinajstić information content (AvgIpc) is 2.44. The van der Waals surface area contributed by atoms with Crippen LogP contribution in [0.25, 0.3) is 0 Å². The molecular weight excluding hydrogens is 321 g/mol. The van der Waals surface area contributed by atoms with Crippen molar-refractivity contribution in [1.82, 2.24) is 5.32 Å². The van der Waals surface area contributed by atoms with Gasteiger partial charge in [-0.05, 0) is 31.5 Å². The summed E-state index contributed by atoms with van der Waals surface area (Å²) in [5.41, 5.74) is 0.845. The Bertz CT molecular complexity index is 402. The topological polar surface area (TPSA) is 30.5 Å². The van der Waals surface area contributed by atoms with Crippen molar-refractivity contribution in [3.05, 3.63) is 32.8 Å². The molecule has 0 aliphatic heterocycles. The lowest BCUT2D eigenvalue weighted by Crippen LogP contribution is -2.16. The highest BCUT2D eigenvalue weighted by molar-refractivity contribution is 6.44. The van der Waals surface area contributed by atoms with Gasteiger partial charge in [0.05, 0.1) is 23.3 Å². The second-order valence-corrected chi connectivity index (χ2v) is 5.50. The van der Waals surface area contributed by atoms with Gasteiger partial charge >= 0.3 is 0 Å². The number of unbranched alkanes of at least 4 members (excludes halogenated alkanes) is 1. The SMILES string of the molecule is COCCOCCCCNCc1c(Cl)ccc(Cl)c1Cl. The molecule has 0 amide bonds. The Balaban J connectivity index is 2.14. The van der Waals surface area contributed by atoms with Crippen LogP contribution in [0, 0.1) is 0 Å². The van der Waals surface area contributed by atoms with Crippen molar-refractivity contribution in [2.75, 3.05) is 33.5 Å². The predicted octanol–water partition coefficient (Wildman–Crippen LogP) is 4.18. The molecule has 0 saturated heterocycles. The molecule has 0 heterocycles. The van der Waals surface area contributed by atoms with E-state index in [1.54, 1.807) is 19.2 Å². The molecule has 0 radical (unpaired) electrons. The first-order chi connectivity index (χ1) is 9.66. The first kappa shape index (κ1) is 18.0. The summed E-state index contributed by atoms with van der Waals surface area (Å²) in [6.07, 6.45) is 2.04. The van der Waals surface area contributed by atoms with Gasteiger partial charge in [0.1, 0.15) is 0 Å². The summed E-state index contributed by atoms with van der Waals surface area (Å²) in [6.45, 7) is 3.54. The maximum Gasteiger partial charge on any atom is 0.0700 e.